The normalized spacial score (nSPS) is 11.7. The molecule has 174 valence electrons. The standard InChI is InChI=1S/C29H26N4OS/c1-4-32(5-2)18-15-16-21-23(17-18)33(6-3)27-25(29-31-22-13-9-10-14-24(22)35-29)28(34)20-12-8-7-11-19(20)26(27)30-21/h7-17H,4-6H2,1-3H3. The Labute approximate surface area is 207 Å². The molecule has 35 heavy (non-hydrogen) atoms. The van der Waals surface area contributed by atoms with Crippen molar-refractivity contribution in [1.82, 2.24) is 14.5 Å². The molecule has 2 heterocycles. The van der Waals surface area contributed by atoms with Crippen LogP contribution in [0.15, 0.2) is 71.5 Å². The Bertz CT molecular complexity index is 1710. The number of hydrogen-bond acceptors (Lipinski definition) is 5. The van der Waals surface area contributed by atoms with Gasteiger partial charge in [-0.25, -0.2) is 9.97 Å². The molecule has 0 amide bonds. The molecule has 1 aliphatic carbocycles. The van der Waals surface area contributed by atoms with Gasteiger partial charge in [0.2, 0.25) is 0 Å². The van der Waals surface area contributed by atoms with Crippen LogP contribution in [0.25, 0.3) is 54.0 Å². The molecular weight excluding hydrogens is 452 g/mol. The molecule has 0 saturated heterocycles. The Morgan fingerprint density at radius 1 is 0.857 bits per heavy atom. The molecule has 1 aliphatic heterocycles. The summed E-state index contributed by atoms with van der Waals surface area (Å²) in [5, 5.41) is 2.31. The highest BCUT2D eigenvalue weighted by molar-refractivity contribution is 7.21. The van der Waals surface area contributed by atoms with Crippen molar-refractivity contribution in [2.75, 3.05) is 18.0 Å². The van der Waals surface area contributed by atoms with Gasteiger partial charge >= 0.3 is 0 Å². The predicted molar refractivity (Wildman–Crippen MR) is 148 cm³/mol. The van der Waals surface area contributed by atoms with E-state index in [4.69, 9.17) is 9.97 Å². The average molecular weight is 479 g/mol. The van der Waals surface area contributed by atoms with Gasteiger partial charge < -0.3 is 9.47 Å². The number of aromatic nitrogens is 3. The summed E-state index contributed by atoms with van der Waals surface area (Å²) >= 11 is 1.57. The lowest BCUT2D eigenvalue weighted by Crippen LogP contribution is -2.22. The number of aryl methyl sites for hydroxylation is 1. The van der Waals surface area contributed by atoms with Crippen molar-refractivity contribution in [3.8, 4) is 22.0 Å². The van der Waals surface area contributed by atoms with Crippen molar-refractivity contribution in [2.24, 2.45) is 0 Å². The zero-order valence-corrected chi connectivity index (χ0v) is 20.9. The second kappa shape index (κ2) is 8.47. The number of para-hydroxylation sites is 1. The first-order valence-electron chi connectivity index (χ1n) is 12.1. The molecule has 4 aromatic rings. The van der Waals surface area contributed by atoms with Crippen molar-refractivity contribution in [3.05, 3.63) is 77.0 Å². The van der Waals surface area contributed by atoms with E-state index in [2.05, 4.69) is 54.5 Å². The Morgan fingerprint density at radius 3 is 2.34 bits per heavy atom. The molecule has 0 N–H and O–H groups in total. The Hall–Kier alpha value is -3.77. The van der Waals surface area contributed by atoms with Crippen LogP contribution in [-0.2, 0) is 6.54 Å². The molecule has 0 saturated carbocycles. The summed E-state index contributed by atoms with van der Waals surface area (Å²) in [6.07, 6.45) is 0. The number of rotatable bonds is 5. The third-order valence-electron chi connectivity index (χ3n) is 6.82. The van der Waals surface area contributed by atoms with Crippen molar-refractivity contribution >= 4 is 49.0 Å². The summed E-state index contributed by atoms with van der Waals surface area (Å²) < 4.78 is 3.32. The predicted octanol–water partition coefficient (Wildman–Crippen LogP) is 6.80. The van der Waals surface area contributed by atoms with Crippen LogP contribution in [0.5, 0.6) is 0 Å². The molecule has 0 unspecified atom stereocenters. The Balaban J connectivity index is 1.80. The van der Waals surface area contributed by atoms with Crippen molar-refractivity contribution in [2.45, 2.75) is 27.3 Å². The number of fused-ring (bicyclic) bond motifs is 5. The van der Waals surface area contributed by atoms with Gasteiger partial charge in [0.25, 0.3) is 0 Å². The van der Waals surface area contributed by atoms with Crippen LogP contribution in [0.2, 0.25) is 0 Å². The van der Waals surface area contributed by atoms with Gasteiger partial charge in [0.1, 0.15) is 5.01 Å². The zero-order chi connectivity index (χ0) is 24.1. The molecule has 0 spiro atoms. The first-order chi connectivity index (χ1) is 17.1. The minimum atomic E-state index is 0.00963. The largest absolute Gasteiger partial charge is 0.372 e. The lowest BCUT2D eigenvalue weighted by atomic mass is 9.97. The maximum absolute atomic E-state index is 14.0. The molecule has 0 fully saturated rings. The summed E-state index contributed by atoms with van der Waals surface area (Å²) in [5.74, 6) is 0. The lowest BCUT2D eigenvalue weighted by molar-refractivity contribution is 0.791. The molecule has 1 aromatic heterocycles. The molecule has 0 radical (unpaired) electrons. The highest BCUT2D eigenvalue weighted by atomic mass is 32.1. The van der Waals surface area contributed by atoms with Gasteiger partial charge in [-0.3, -0.25) is 4.79 Å². The highest BCUT2D eigenvalue weighted by Crippen LogP contribution is 2.40. The summed E-state index contributed by atoms with van der Waals surface area (Å²) in [4.78, 5) is 26.4. The molecule has 6 heteroatoms. The van der Waals surface area contributed by atoms with Crippen LogP contribution in [0.4, 0.5) is 5.69 Å². The van der Waals surface area contributed by atoms with E-state index in [9.17, 15) is 4.79 Å². The van der Waals surface area contributed by atoms with Crippen molar-refractivity contribution in [3.63, 3.8) is 0 Å². The van der Waals surface area contributed by atoms with Gasteiger partial charge in [-0.2, -0.15) is 0 Å². The van der Waals surface area contributed by atoms with E-state index >= 15 is 0 Å². The van der Waals surface area contributed by atoms with Crippen LogP contribution in [0, 0.1) is 0 Å². The molecule has 3 aromatic carbocycles. The fraction of sp³-hybridized carbons (Fsp3) is 0.207. The van der Waals surface area contributed by atoms with Crippen molar-refractivity contribution in [1.29, 1.82) is 0 Å². The highest BCUT2D eigenvalue weighted by Gasteiger charge is 2.26. The van der Waals surface area contributed by atoms with E-state index in [0.717, 1.165) is 61.8 Å². The third-order valence-corrected chi connectivity index (χ3v) is 7.87. The van der Waals surface area contributed by atoms with Gasteiger partial charge in [0, 0.05) is 36.1 Å². The lowest BCUT2D eigenvalue weighted by Gasteiger charge is -2.24. The van der Waals surface area contributed by atoms with E-state index in [1.807, 2.05) is 42.5 Å². The maximum atomic E-state index is 14.0. The van der Waals surface area contributed by atoms with Crippen LogP contribution in [0.3, 0.4) is 0 Å². The van der Waals surface area contributed by atoms with Crippen molar-refractivity contribution < 1.29 is 0 Å². The smallest absolute Gasteiger partial charge is 0.198 e. The van der Waals surface area contributed by atoms with Crippen LogP contribution >= 0.6 is 11.3 Å². The summed E-state index contributed by atoms with van der Waals surface area (Å²) in [6.45, 7) is 9.04. The molecule has 5 nitrogen and oxygen atoms in total. The molecule has 0 bridgehead atoms. The number of thiazole rings is 1. The van der Waals surface area contributed by atoms with E-state index in [1.165, 1.54) is 0 Å². The van der Waals surface area contributed by atoms with Gasteiger partial charge in [-0.05, 0) is 51.1 Å². The second-order valence-electron chi connectivity index (χ2n) is 8.64. The van der Waals surface area contributed by atoms with Gasteiger partial charge in [0.05, 0.1) is 38.2 Å². The SMILES string of the molecule is CCN(CC)c1ccc2nc3c4ccccc4c(=O)c(-c4nc5ccccc5s4)c-3n(CC)c2c1. The van der Waals surface area contributed by atoms with E-state index in [0.29, 0.717) is 17.5 Å². The van der Waals surface area contributed by atoms with Crippen LogP contribution in [-0.4, -0.2) is 27.6 Å². The monoisotopic (exact) mass is 478 g/mol. The van der Waals surface area contributed by atoms with Gasteiger partial charge in [-0.15, -0.1) is 11.3 Å². The number of nitrogens with zero attached hydrogens (tertiary/aromatic N) is 4. The van der Waals surface area contributed by atoms with Gasteiger partial charge in [0.15, 0.2) is 5.43 Å². The fourth-order valence-corrected chi connectivity index (χ4v) is 6.12. The maximum Gasteiger partial charge on any atom is 0.198 e. The summed E-state index contributed by atoms with van der Waals surface area (Å²) in [5.41, 5.74) is 6.39. The van der Waals surface area contributed by atoms with E-state index in [-0.39, 0.29) is 5.43 Å². The molecule has 0 atom stereocenters. The van der Waals surface area contributed by atoms with Crippen LogP contribution in [0.1, 0.15) is 20.8 Å². The topological polar surface area (TPSA) is 51.0 Å². The first-order valence-corrected chi connectivity index (χ1v) is 13.0. The number of benzene rings is 4. The number of hydrogen-bond donors (Lipinski definition) is 0. The van der Waals surface area contributed by atoms with Crippen LogP contribution < -0.4 is 10.3 Å². The Kier molecular flexibility index (Phi) is 5.26. The minimum absolute atomic E-state index is 0.00963. The molecule has 2 aliphatic rings. The average Bonchev–Trinajstić information content (AvgIpc) is 3.32. The Morgan fingerprint density at radius 2 is 1.60 bits per heavy atom. The van der Waals surface area contributed by atoms with E-state index in [1.54, 1.807) is 11.3 Å². The quantitative estimate of drug-likeness (QED) is 0.202. The third kappa shape index (κ3) is 3.32. The first kappa shape index (κ1) is 21.7. The molecule has 6 rings (SSSR count). The second-order valence-corrected chi connectivity index (χ2v) is 9.67. The fourth-order valence-electron chi connectivity index (χ4n) is 5.11. The summed E-state index contributed by atoms with van der Waals surface area (Å²) in [6, 6.07) is 22.3. The number of anilines is 1. The zero-order valence-electron chi connectivity index (χ0n) is 20.1. The summed E-state index contributed by atoms with van der Waals surface area (Å²) in [7, 11) is 0. The van der Waals surface area contributed by atoms with Gasteiger partial charge in [-0.1, -0.05) is 36.4 Å². The van der Waals surface area contributed by atoms with E-state index < -0.39 is 0 Å². The molecular formula is C29H26N4OS. The minimum Gasteiger partial charge on any atom is -0.372 e.